The first-order chi connectivity index (χ1) is 8.17. The second-order valence-electron chi connectivity index (χ2n) is 3.93. The quantitative estimate of drug-likeness (QED) is 0.754. The van der Waals surface area contributed by atoms with E-state index in [-0.39, 0.29) is 6.61 Å². The molecule has 0 aliphatic rings. The van der Waals surface area contributed by atoms with Gasteiger partial charge in [-0.2, -0.15) is 0 Å². The molecule has 2 N–H and O–H groups in total. The van der Waals surface area contributed by atoms with Gasteiger partial charge in [-0.25, -0.2) is 0 Å². The van der Waals surface area contributed by atoms with Gasteiger partial charge in [-0.3, -0.25) is 0 Å². The van der Waals surface area contributed by atoms with Crippen molar-refractivity contribution in [2.45, 2.75) is 20.0 Å². The number of aliphatic hydroxyl groups is 1. The average molecular weight is 239 g/mol. The number of aryl methyl sites for hydroxylation is 1. The first kappa shape index (κ1) is 13.8. The molecule has 0 bridgehead atoms. The number of hydrogen-bond donors (Lipinski definition) is 2. The minimum Gasteiger partial charge on any atom is -0.493 e. The third kappa shape index (κ3) is 4.63. The first-order valence-electron chi connectivity index (χ1n) is 5.83. The van der Waals surface area contributed by atoms with E-state index in [4.69, 9.17) is 9.47 Å². The lowest BCUT2D eigenvalue weighted by molar-refractivity contribution is 0.105. The largest absolute Gasteiger partial charge is 0.493 e. The Morgan fingerprint density at radius 3 is 2.76 bits per heavy atom. The zero-order valence-electron chi connectivity index (χ0n) is 10.7. The minimum absolute atomic E-state index is 0.256. The van der Waals surface area contributed by atoms with Crippen LogP contribution >= 0.6 is 0 Å². The lowest BCUT2D eigenvalue weighted by Crippen LogP contribution is -2.31. The van der Waals surface area contributed by atoms with Crippen LogP contribution in [0.5, 0.6) is 11.5 Å². The van der Waals surface area contributed by atoms with Gasteiger partial charge < -0.3 is 19.9 Å². The molecule has 0 amide bonds. The number of nitrogens with one attached hydrogen (secondary N) is 1. The molecule has 96 valence electrons. The van der Waals surface area contributed by atoms with E-state index in [1.165, 1.54) is 0 Å². The second kappa shape index (κ2) is 7.14. The van der Waals surface area contributed by atoms with E-state index in [0.29, 0.717) is 18.0 Å². The van der Waals surface area contributed by atoms with Crippen LogP contribution in [0.2, 0.25) is 0 Å². The Balaban J connectivity index is 2.50. The summed E-state index contributed by atoms with van der Waals surface area (Å²) < 4.78 is 10.7. The number of ether oxygens (including phenoxy) is 2. The molecule has 1 rings (SSSR count). The summed E-state index contributed by atoms with van der Waals surface area (Å²) in [4.78, 5) is 0. The molecule has 0 fully saturated rings. The summed E-state index contributed by atoms with van der Waals surface area (Å²) in [6.07, 6.45) is -0.513. The predicted octanol–water partition coefficient (Wildman–Crippen LogP) is 1.35. The summed E-state index contributed by atoms with van der Waals surface area (Å²) in [6, 6.07) is 5.72. The molecule has 0 aliphatic heterocycles. The van der Waals surface area contributed by atoms with Crippen LogP contribution in [0, 0.1) is 6.92 Å². The van der Waals surface area contributed by atoms with Gasteiger partial charge in [0.15, 0.2) is 11.5 Å². The Hall–Kier alpha value is -1.26. The van der Waals surface area contributed by atoms with Crippen molar-refractivity contribution in [2.75, 3.05) is 26.8 Å². The normalized spacial score (nSPS) is 12.2. The molecule has 0 radical (unpaired) electrons. The maximum absolute atomic E-state index is 9.63. The topological polar surface area (TPSA) is 50.7 Å². The maximum atomic E-state index is 9.63. The molecule has 17 heavy (non-hydrogen) atoms. The molecular weight excluding hydrogens is 218 g/mol. The van der Waals surface area contributed by atoms with Gasteiger partial charge in [0.2, 0.25) is 0 Å². The van der Waals surface area contributed by atoms with Crippen LogP contribution in [0.4, 0.5) is 0 Å². The van der Waals surface area contributed by atoms with Crippen molar-refractivity contribution in [3.8, 4) is 11.5 Å². The molecule has 1 aromatic carbocycles. The smallest absolute Gasteiger partial charge is 0.161 e. The molecule has 0 aromatic heterocycles. The van der Waals surface area contributed by atoms with Crippen LogP contribution in [0.15, 0.2) is 18.2 Å². The molecule has 4 nitrogen and oxygen atoms in total. The Bertz CT molecular complexity index is 341. The summed E-state index contributed by atoms with van der Waals surface area (Å²) >= 11 is 0. The highest BCUT2D eigenvalue weighted by atomic mass is 16.5. The standard InChI is InChI=1S/C13H21NO3/c1-4-14-8-11(15)9-17-12-6-5-10(2)7-13(12)16-3/h5-7,11,14-15H,4,8-9H2,1-3H3/t11-/m0/s1. The van der Waals surface area contributed by atoms with Crippen LogP contribution in [0.25, 0.3) is 0 Å². The number of likely N-dealkylation sites (N-methyl/N-ethyl adjacent to an activating group) is 1. The van der Waals surface area contributed by atoms with Crippen LogP contribution in [-0.4, -0.2) is 38.0 Å². The highest BCUT2D eigenvalue weighted by Gasteiger charge is 2.08. The molecule has 0 saturated carbocycles. The van der Waals surface area contributed by atoms with E-state index in [1.54, 1.807) is 7.11 Å². The maximum Gasteiger partial charge on any atom is 0.161 e. The molecule has 1 aromatic rings. The summed E-state index contributed by atoms with van der Waals surface area (Å²) in [5.41, 5.74) is 1.11. The third-order valence-electron chi connectivity index (χ3n) is 2.38. The van der Waals surface area contributed by atoms with Crippen molar-refractivity contribution >= 4 is 0 Å². The highest BCUT2D eigenvalue weighted by Crippen LogP contribution is 2.27. The summed E-state index contributed by atoms with van der Waals surface area (Å²) in [5, 5.41) is 12.7. The molecule has 0 spiro atoms. The van der Waals surface area contributed by atoms with Gasteiger partial charge in [0.25, 0.3) is 0 Å². The SMILES string of the molecule is CCNC[C@H](O)COc1ccc(C)cc1OC. The van der Waals surface area contributed by atoms with Gasteiger partial charge in [-0.05, 0) is 31.2 Å². The lowest BCUT2D eigenvalue weighted by Gasteiger charge is -2.15. The molecule has 0 heterocycles. The van der Waals surface area contributed by atoms with E-state index in [9.17, 15) is 5.11 Å². The first-order valence-corrected chi connectivity index (χ1v) is 5.83. The predicted molar refractivity (Wildman–Crippen MR) is 67.8 cm³/mol. The van der Waals surface area contributed by atoms with E-state index in [0.717, 1.165) is 12.1 Å². The molecule has 4 heteroatoms. The van der Waals surface area contributed by atoms with E-state index in [1.807, 2.05) is 32.0 Å². The summed E-state index contributed by atoms with van der Waals surface area (Å²) in [6.45, 7) is 5.62. The van der Waals surface area contributed by atoms with Crippen LogP contribution in [0.3, 0.4) is 0 Å². The van der Waals surface area contributed by atoms with Crippen molar-refractivity contribution in [1.29, 1.82) is 0 Å². The van der Waals surface area contributed by atoms with Crippen molar-refractivity contribution in [1.82, 2.24) is 5.32 Å². The Kier molecular flexibility index (Phi) is 5.80. The number of aliphatic hydroxyl groups excluding tert-OH is 1. The van der Waals surface area contributed by atoms with Gasteiger partial charge in [-0.1, -0.05) is 13.0 Å². The second-order valence-corrected chi connectivity index (χ2v) is 3.93. The Labute approximate surface area is 103 Å². The molecule has 1 atom stereocenters. The van der Waals surface area contributed by atoms with Gasteiger partial charge in [0.1, 0.15) is 12.7 Å². The Morgan fingerprint density at radius 2 is 2.12 bits per heavy atom. The van der Waals surface area contributed by atoms with Crippen LogP contribution < -0.4 is 14.8 Å². The highest BCUT2D eigenvalue weighted by molar-refractivity contribution is 5.42. The van der Waals surface area contributed by atoms with Gasteiger partial charge >= 0.3 is 0 Å². The monoisotopic (exact) mass is 239 g/mol. The third-order valence-corrected chi connectivity index (χ3v) is 2.38. The van der Waals surface area contributed by atoms with E-state index >= 15 is 0 Å². The fourth-order valence-corrected chi connectivity index (χ4v) is 1.45. The number of rotatable bonds is 7. The average Bonchev–Trinajstić information content (AvgIpc) is 2.34. The van der Waals surface area contributed by atoms with Gasteiger partial charge in [-0.15, -0.1) is 0 Å². The number of hydrogen-bond acceptors (Lipinski definition) is 4. The van der Waals surface area contributed by atoms with E-state index in [2.05, 4.69) is 5.32 Å². The van der Waals surface area contributed by atoms with Crippen LogP contribution in [-0.2, 0) is 0 Å². The Morgan fingerprint density at radius 1 is 1.35 bits per heavy atom. The molecule has 0 aliphatic carbocycles. The van der Waals surface area contributed by atoms with Crippen molar-refractivity contribution in [2.24, 2.45) is 0 Å². The molecule has 0 unspecified atom stereocenters. The van der Waals surface area contributed by atoms with E-state index < -0.39 is 6.10 Å². The van der Waals surface area contributed by atoms with Gasteiger partial charge in [0.05, 0.1) is 7.11 Å². The minimum atomic E-state index is -0.513. The zero-order chi connectivity index (χ0) is 12.7. The molecule has 0 saturated heterocycles. The van der Waals surface area contributed by atoms with Crippen LogP contribution in [0.1, 0.15) is 12.5 Å². The van der Waals surface area contributed by atoms with Crippen molar-refractivity contribution in [3.63, 3.8) is 0 Å². The zero-order valence-corrected chi connectivity index (χ0v) is 10.7. The lowest BCUT2D eigenvalue weighted by atomic mass is 10.2. The van der Waals surface area contributed by atoms with Crippen molar-refractivity contribution < 1.29 is 14.6 Å². The summed E-state index contributed by atoms with van der Waals surface area (Å²) in [7, 11) is 1.61. The number of benzene rings is 1. The molecular formula is C13H21NO3. The van der Waals surface area contributed by atoms with Crippen molar-refractivity contribution in [3.05, 3.63) is 23.8 Å². The van der Waals surface area contributed by atoms with Gasteiger partial charge in [0, 0.05) is 6.54 Å². The summed E-state index contributed by atoms with van der Waals surface area (Å²) in [5.74, 6) is 1.36. The fraction of sp³-hybridized carbons (Fsp3) is 0.538. The number of methoxy groups -OCH3 is 1. The fourth-order valence-electron chi connectivity index (χ4n) is 1.45.